The van der Waals surface area contributed by atoms with Crippen molar-refractivity contribution in [3.8, 4) is 5.69 Å². The highest BCUT2D eigenvalue weighted by Gasteiger charge is 2.52. The van der Waals surface area contributed by atoms with Gasteiger partial charge in [0.2, 0.25) is 5.91 Å². The number of halogens is 1. The number of carbonyl (C=O) groups is 3. The minimum absolute atomic E-state index is 0.0239. The van der Waals surface area contributed by atoms with E-state index in [1.807, 2.05) is 0 Å². The number of imidazole rings is 1. The Hall–Kier alpha value is -2.87. The lowest BCUT2D eigenvalue weighted by Gasteiger charge is -2.19. The van der Waals surface area contributed by atoms with Crippen molar-refractivity contribution in [2.24, 2.45) is 0 Å². The van der Waals surface area contributed by atoms with Gasteiger partial charge in [-0.25, -0.2) is 9.78 Å². The SMILES string of the molecule is O=C(CCN1C(=O)NC2(CCCC2)C1=O)Nc1ccc(-n2ccnc2)c(Cl)c1. The molecule has 9 heteroatoms. The fourth-order valence-electron chi connectivity index (χ4n) is 3.83. The fraction of sp³-hybridized carbons (Fsp3) is 0.368. The van der Waals surface area contributed by atoms with E-state index in [0.717, 1.165) is 23.4 Å². The van der Waals surface area contributed by atoms with Crippen LogP contribution < -0.4 is 10.6 Å². The number of aromatic nitrogens is 2. The average Bonchev–Trinajstić information content (AvgIpc) is 3.38. The van der Waals surface area contributed by atoms with E-state index in [1.165, 1.54) is 0 Å². The molecule has 146 valence electrons. The highest BCUT2D eigenvalue weighted by Crippen LogP contribution is 2.35. The molecule has 4 amide bonds. The monoisotopic (exact) mass is 401 g/mol. The number of hydrogen-bond donors (Lipinski definition) is 2. The summed E-state index contributed by atoms with van der Waals surface area (Å²) in [5.41, 5.74) is 0.547. The van der Waals surface area contributed by atoms with E-state index in [-0.39, 0.29) is 24.8 Å². The maximum Gasteiger partial charge on any atom is 0.325 e. The topological polar surface area (TPSA) is 96.3 Å². The van der Waals surface area contributed by atoms with Crippen molar-refractivity contribution >= 4 is 35.1 Å². The fourth-order valence-corrected chi connectivity index (χ4v) is 4.11. The van der Waals surface area contributed by atoms with Crippen LogP contribution >= 0.6 is 11.6 Å². The number of imide groups is 1. The molecular weight excluding hydrogens is 382 g/mol. The molecule has 4 rings (SSSR count). The standard InChI is InChI=1S/C19H20ClN5O3/c20-14-11-13(3-4-15(14)24-10-8-21-12-24)22-16(26)5-9-25-17(27)19(23-18(25)28)6-1-2-7-19/h3-4,8,10-12H,1-2,5-7,9H2,(H,22,26)(H,23,28). The van der Waals surface area contributed by atoms with E-state index in [0.29, 0.717) is 23.6 Å². The second kappa shape index (κ2) is 7.27. The van der Waals surface area contributed by atoms with Gasteiger partial charge in [0.15, 0.2) is 0 Å². The molecule has 0 bridgehead atoms. The zero-order chi connectivity index (χ0) is 19.7. The zero-order valence-corrected chi connectivity index (χ0v) is 15.9. The van der Waals surface area contributed by atoms with Crippen LogP contribution in [0.4, 0.5) is 10.5 Å². The van der Waals surface area contributed by atoms with Crippen molar-refractivity contribution in [1.29, 1.82) is 0 Å². The van der Waals surface area contributed by atoms with Crippen molar-refractivity contribution in [3.05, 3.63) is 41.9 Å². The number of hydrogen-bond acceptors (Lipinski definition) is 4. The molecule has 1 aromatic heterocycles. The first kappa shape index (κ1) is 18.5. The molecule has 1 saturated carbocycles. The van der Waals surface area contributed by atoms with Crippen LogP contribution in [0.2, 0.25) is 5.02 Å². The Kier molecular flexibility index (Phi) is 4.80. The number of rotatable bonds is 5. The number of anilines is 1. The van der Waals surface area contributed by atoms with Gasteiger partial charge in [0.1, 0.15) is 5.54 Å². The van der Waals surface area contributed by atoms with Gasteiger partial charge in [0, 0.05) is 31.0 Å². The molecule has 0 radical (unpaired) electrons. The van der Waals surface area contributed by atoms with Crippen molar-refractivity contribution in [2.75, 3.05) is 11.9 Å². The third-order valence-electron chi connectivity index (χ3n) is 5.28. The lowest BCUT2D eigenvalue weighted by atomic mass is 9.98. The van der Waals surface area contributed by atoms with Crippen LogP contribution in [0.5, 0.6) is 0 Å². The lowest BCUT2D eigenvalue weighted by molar-refractivity contribution is -0.131. The number of amides is 4. The summed E-state index contributed by atoms with van der Waals surface area (Å²) in [6.07, 6.45) is 8.27. The quantitative estimate of drug-likeness (QED) is 0.753. The van der Waals surface area contributed by atoms with E-state index < -0.39 is 11.6 Å². The second-order valence-corrected chi connectivity index (χ2v) is 7.52. The molecule has 1 saturated heterocycles. The van der Waals surface area contributed by atoms with E-state index in [1.54, 1.807) is 41.5 Å². The van der Waals surface area contributed by atoms with Gasteiger partial charge in [0.25, 0.3) is 5.91 Å². The molecule has 2 heterocycles. The highest BCUT2D eigenvalue weighted by atomic mass is 35.5. The number of nitrogens with zero attached hydrogens (tertiary/aromatic N) is 3. The Morgan fingerprint density at radius 3 is 2.75 bits per heavy atom. The maximum absolute atomic E-state index is 12.6. The van der Waals surface area contributed by atoms with E-state index in [2.05, 4.69) is 15.6 Å². The summed E-state index contributed by atoms with van der Waals surface area (Å²) in [6, 6.07) is 4.75. The highest BCUT2D eigenvalue weighted by molar-refractivity contribution is 6.32. The van der Waals surface area contributed by atoms with E-state index in [4.69, 9.17) is 11.6 Å². The predicted molar refractivity (Wildman–Crippen MR) is 103 cm³/mol. The summed E-state index contributed by atoms with van der Waals surface area (Å²) < 4.78 is 1.77. The molecule has 1 aromatic carbocycles. The molecule has 2 fully saturated rings. The molecule has 8 nitrogen and oxygen atoms in total. The molecule has 1 aliphatic heterocycles. The third-order valence-corrected chi connectivity index (χ3v) is 5.58. The number of urea groups is 1. The first-order chi connectivity index (χ1) is 13.5. The molecule has 0 atom stereocenters. The van der Waals surface area contributed by atoms with Crippen molar-refractivity contribution < 1.29 is 14.4 Å². The molecule has 28 heavy (non-hydrogen) atoms. The van der Waals surface area contributed by atoms with Gasteiger partial charge in [-0.05, 0) is 31.0 Å². The normalized spacial score (nSPS) is 18.0. The summed E-state index contributed by atoms with van der Waals surface area (Å²) in [5.74, 6) is -0.505. The first-order valence-electron chi connectivity index (χ1n) is 9.20. The average molecular weight is 402 g/mol. The molecule has 0 unspecified atom stereocenters. The van der Waals surface area contributed by atoms with E-state index >= 15 is 0 Å². The van der Waals surface area contributed by atoms with Crippen molar-refractivity contribution in [2.45, 2.75) is 37.6 Å². The van der Waals surface area contributed by atoms with Crippen LogP contribution in [-0.2, 0) is 9.59 Å². The zero-order valence-electron chi connectivity index (χ0n) is 15.2. The third kappa shape index (κ3) is 3.35. The molecule has 2 aliphatic rings. The first-order valence-corrected chi connectivity index (χ1v) is 9.58. The maximum atomic E-state index is 12.6. The Labute approximate surface area is 166 Å². The van der Waals surface area contributed by atoms with Gasteiger partial charge in [0.05, 0.1) is 17.0 Å². The summed E-state index contributed by atoms with van der Waals surface area (Å²) in [4.78, 5) is 42.2. The molecule has 2 N–H and O–H groups in total. The number of benzene rings is 1. The smallest absolute Gasteiger partial charge is 0.325 e. The summed E-state index contributed by atoms with van der Waals surface area (Å²) in [5, 5.41) is 6.03. The molecule has 1 aliphatic carbocycles. The number of carbonyl (C=O) groups excluding carboxylic acids is 3. The van der Waals surface area contributed by atoms with Gasteiger partial charge in [-0.3, -0.25) is 14.5 Å². The van der Waals surface area contributed by atoms with Crippen molar-refractivity contribution in [3.63, 3.8) is 0 Å². The second-order valence-electron chi connectivity index (χ2n) is 7.11. The Balaban J connectivity index is 1.35. The summed E-state index contributed by atoms with van der Waals surface area (Å²) >= 11 is 6.29. The van der Waals surface area contributed by atoms with Crippen molar-refractivity contribution in [1.82, 2.24) is 19.8 Å². The molecule has 1 spiro atoms. The number of nitrogens with one attached hydrogen (secondary N) is 2. The van der Waals surface area contributed by atoms with Crippen LogP contribution in [0.1, 0.15) is 32.1 Å². The van der Waals surface area contributed by atoms with Crippen LogP contribution in [0, 0.1) is 0 Å². The van der Waals surface area contributed by atoms with Crippen LogP contribution in [0.15, 0.2) is 36.9 Å². The Morgan fingerprint density at radius 2 is 2.07 bits per heavy atom. The van der Waals surface area contributed by atoms with Crippen LogP contribution in [0.25, 0.3) is 5.69 Å². The van der Waals surface area contributed by atoms with Gasteiger partial charge in [-0.15, -0.1) is 0 Å². The Bertz CT molecular complexity index is 922. The van der Waals surface area contributed by atoms with Crippen LogP contribution in [-0.4, -0.2) is 44.4 Å². The van der Waals surface area contributed by atoms with E-state index in [9.17, 15) is 14.4 Å². The van der Waals surface area contributed by atoms with Gasteiger partial charge in [-0.1, -0.05) is 24.4 Å². The van der Waals surface area contributed by atoms with Gasteiger partial charge in [-0.2, -0.15) is 0 Å². The largest absolute Gasteiger partial charge is 0.326 e. The summed E-state index contributed by atoms with van der Waals surface area (Å²) in [7, 11) is 0. The minimum Gasteiger partial charge on any atom is -0.326 e. The predicted octanol–water partition coefficient (Wildman–Crippen LogP) is 2.72. The summed E-state index contributed by atoms with van der Waals surface area (Å²) in [6.45, 7) is 0.0547. The van der Waals surface area contributed by atoms with Gasteiger partial charge < -0.3 is 15.2 Å². The molecular formula is C19H20ClN5O3. The Morgan fingerprint density at radius 1 is 1.29 bits per heavy atom. The molecule has 2 aromatic rings. The van der Waals surface area contributed by atoms with Crippen LogP contribution in [0.3, 0.4) is 0 Å². The minimum atomic E-state index is -0.746. The lowest BCUT2D eigenvalue weighted by Crippen LogP contribution is -2.44. The van der Waals surface area contributed by atoms with Gasteiger partial charge >= 0.3 is 6.03 Å².